The van der Waals surface area contributed by atoms with Crippen molar-refractivity contribution in [2.24, 2.45) is 0 Å². The zero-order valence-corrected chi connectivity index (χ0v) is 12.9. The summed E-state index contributed by atoms with van der Waals surface area (Å²) in [7, 11) is -1.75. The molecule has 2 aromatic carbocycles. The number of carbonyl (C=O) groups is 1. The Bertz CT molecular complexity index is 743. The number of nitrogens with zero attached hydrogens (tertiary/aromatic N) is 1. The predicted octanol–water partition coefficient (Wildman–Crippen LogP) is 1.39. The first-order valence-electron chi connectivity index (χ1n) is 6.32. The predicted molar refractivity (Wildman–Crippen MR) is 84.8 cm³/mol. The van der Waals surface area contributed by atoms with Crippen LogP contribution >= 0.6 is 15.9 Å². The van der Waals surface area contributed by atoms with E-state index in [2.05, 4.69) is 15.9 Å². The van der Waals surface area contributed by atoms with Gasteiger partial charge >= 0.3 is 7.12 Å². The van der Waals surface area contributed by atoms with E-state index in [0.29, 0.717) is 11.8 Å². The van der Waals surface area contributed by atoms with Gasteiger partial charge in [0.2, 0.25) is 0 Å². The van der Waals surface area contributed by atoms with Gasteiger partial charge in [-0.25, -0.2) is 0 Å². The topological polar surface area (TPSA) is 90.6 Å². The normalized spacial score (nSPS) is 9.91. The van der Waals surface area contributed by atoms with Gasteiger partial charge in [-0.1, -0.05) is 28.1 Å². The number of benzene rings is 2. The van der Waals surface area contributed by atoms with Crippen LogP contribution in [0.2, 0.25) is 0 Å². The van der Waals surface area contributed by atoms with Crippen LogP contribution in [0.25, 0.3) is 0 Å². The highest BCUT2D eigenvalue weighted by atomic mass is 79.9. The third kappa shape index (κ3) is 3.54. The molecule has 0 saturated carbocycles. The molecule has 2 rings (SSSR count). The molecule has 0 aromatic heterocycles. The van der Waals surface area contributed by atoms with E-state index in [0.717, 1.165) is 10.0 Å². The summed E-state index contributed by atoms with van der Waals surface area (Å²) in [4.78, 5) is 11.2. The number of halogens is 1. The molecule has 0 amide bonds. The molecular weight excluding hydrogens is 349 g/mol. The Morgan fingerprint density at radius 1 is 1.32 bits per heavy atom. The van der Waals surface area contributed by atoms with Crippen LogP contribution in [0, 0.1) is 11.3 Å². The second kappa shape index (κ2) is 7.23. The summed E-state index contributed by atoms with van der Waals surface area (Å²) in [6.07, 6.45) is 0.519. The summed E-state index contributed by atoms with van der Waals surface area (Å²) >= 11 is 3.37. The van der Waals surface area contributed by atoms with Crippen LogP contribution in [-0.4, -0.2) is 23.5 Å². The molecular formula is C15H11BBrNO4. The number of aldehydes is 1. The molecule has 0 heterocycles. The van der Waals surface area contributed by atoms with Gasteiger partial charge in [0.25, 0.3) is 0 Å². The lowest BCUT2D eigenvalue weighted by Crippen LogP contribution is -2.33. The van der Waals surface area contributed by atoms with Crippen LogP contribution in [0.5, 0.6) is 5.75 Å². The lowest BCUT2D eigenvalue weighted by atomic mass is 9.77. The maximum absolute atomic E-state index is 11.2. The van der Waals surface area contributed by atoms with Gasteiger partial charge in [-0.15, -0.1) is 0 Å². The van der Waals surface area contributed by atoms with E-state index in [-0.39, 0.29) is 23.4 Å². The number of rotatable bonds is 5. The molecule has 0 radical (unpaired) electrons. The molecule has 7 heteroatoms. The summed E-state index contributed by atoms with van der Waals surface area (Å²) in [5, 5.41) is 27.4. The number of hydrogen-bond acceptors (Lipinski definition) is 5. The molecule has 2 aromatic rings. The molecule has 2 N–H and O–H groups in total. The van der Waals surface area contributed by atoms with Gasteiger partial charge < -0.3 is 14.8 Å². The minimum absolute atomic E-state index is 0.0809. The van der Waals surface area contributed by atoms with E-state index in [1.165, 1.54) is 6.07 Å². The van der Waals surface area contributed by atoms with Gasteiger partial charge in [0.1, 0.15) is 12.4 Å². The molecule has 22 heavy (non-hydrogen) atoms. The van der Waals surface area contributed by atoms with E-state index < -0.39 is 7.12 Å². The number of nitriles is 1. The van der Waals surface area contributed by atoms with Gasteiger partial charge in [0.05, 0.1) is 17.2 Å². The average molecular weight is 360 g/mol. The molecule has 0 aliphatic carbocycles. The van der Waals surface area contributed by atoms with Crippen molar-refractivity contribution in [3.63, 3.8) is 0 Å². The van der Waals surface area contributed by atoms with Crippen molar-refractivity contribution < 1.29 is 19.6 Å². The highest BCUT2D eigenvalue weighted by Crippen LogP contribution is 2.22. The number of ether oxygens (including phenoxy) is 1. The Labute approximate surface area is 136 Å². The van der Waals surface area contributed by atoms with Gasteiger partial charge in [-0.05, 0) is 29.7 Å². The fourth-order valence-corrected chi connectivity index (χ4v) is 2.31. The number of hydrogen-bond donors (Lipinski definition) is 2. The van der Waals surface area contributed by atoms with Crippen LogP contribution < -0.4 is 10.2 Å². The van der Waals surface area contributed by atoms with E-state index >= 15 is 0 Å². The molecule has 0 atom stereocenters. The third-order valence-corrected chi connectivity index (χ3v) is 3.83. The van der Waals surface area contributed by atoms with Crippen LogP contribution in [0.15, 0.2) is 40.9 Å². The van der Waals surface area contributed by atoms with E-state index in [1.807, 2.05) is 6.07 Å². The Morgan fingerprint density at radius 2 is 2.09 bits per heavy atom. The van der Waals surface area contributed by atoms with Crippen molar-refractivity contribution in [1.82, 2.24) is 0 Å². The summed E-state index contributed by atoms with van der Waals surface area (Å²) in [5.41, 5.74) is 1.41. The zero-order valence-electron chi connectivity index (χ0n) is 11.4. The highest BCUT2D eigenvalue weighted by Gasteiger charge is 2.19. The minimum atomic E-state index is -1.75. The average Bonchev–Trinajstić information content (AvgIpc) is 2.53. The Balaban J connectivity index is 2.28. The van der Waals surface area contributed by atoms with Crippen molar-refractivity contribution in [2.75, 3.05) is 0 Å². The molecule has 0 spiro atoms. The van der Waals surface area contributed by atoms with Crippen LogP contribution in [0.3, 0.4) is 0 Å². The Hall–Kier alpha value is -2.14. The third-order valence-electron chi connectivity index (χ3n) is 3.05. The van der Waals surface area contributed by atoms with Gasteiger partial charge in [0.15, 0.2) is 6.29 Å². The van der Waals surface area contributed by atoms with Gasteiger partial charge in [-0.3, -0.25) is 4.79 Å². The first-order chi connectivity index (χ1) is 10.6. The summed E-state index contributed by atoms with van der Waals surface area (Å²) in [6, 6.07) is 11.7. The van der Waals surface area contributed by atoms with Crippen molar-refractivity contribution in [2.45, 2.75) is 6.61 Å². The van der Waals surface area contributed by atoms with Crippen LogP contribution in [0.1, 0.15) is 21.5 Å². The van der Waals surface area contributed by atoms with Crippen molar-refractivity contribution in [1.29, 1.82) is 5.26 Å². The standard InChI is InChI=1S/C15H11BBrNO4/c17-14-5-4-10(7-18)6-11(14)9-22-15-3-1-2-13(16(20)21)12(15)8-19/h1-6,8,20-21H,9H2. The second-order valence-electron chi connectivity index (χ2n) is 4.46. The molecule has 0 saturated heterocycles. The molecule has 0 unspecified atom stereocenters. The van der Waals surface area contributed by atoms with E-state index in [9.17, 15) is 14.8 Å². The van der Waals surface area contributed by atoms with Gasteiger partial charge in [0, 0.05) is 10.0 Å². The maximum atomic E-state index is 11.2. The fourth-order valence-electron chi connectivity index (χ4n) is 1.95. The molecule has 0 aliphatic rings. The zero-order chi connectivity index (χ0) is 16.1. The summed E-state index contributed by atoms with van der Waals surface area (Å²) < 4.78 is 6.37. The largest absolute Gasteiger partial charge is 0.489 e. The number of carbonyl (C=O) groups excluding carboxylic acids is 1. The Kier molecular flexibility index (Phi) is 5.33. The summed E-state index contributed by atoms with van der Waals surface area (Å²) in [5.74, 6) is 0.245. The molecule has 0 fully saturated rings. The molecule has 0 bridgehead atoms. The van der Waals surface area contributed by atoms with E-state index in [4.69, 9.17) is 10.00 Å². The highest BCUT2D eigenvalue weighted by molar-refractivity contribution is 9.10. The lowest BCUT2D eigenvalue weighted by molar-refractivity contribution is 0.111. The summed E-state index contributed by atoms with van der Waals surface area (Å²) in [6.45, 7) is 0.127. The Morgan fingerprint density at radius 3 is 2.73 bits per heavy atom. The smallest absolute Gasteiger partial charge is 0.488 e. The maximum Gasteiger partial charge on any atom is 0.489 e. The van der Waals surface area contributed by atoms with Crippen LogP contribution in [-0.2, 0) is 6.61 Å². The lowest BCUT2D eigenvalue weighted by Gasteiger charge is -2.12. The minimum Gasteiger partial charge on any atom is -0.488 e. The van der Waals surface area contributed by atoms with Crippen molar-refractivity contribution in [3.8, 4) is 11.8 Å². The fraction of sp³-hybridized carbons (Fsp3) is 0.0667. The van der Waals surface area contributed by atoms with Gasteiger partial charge in [-0.2, -0.15) is 5.26 Å². The van der Waals surface area contributed by atoms with Crippen molar-refractivity contribution in [3.05, 3.63) is 57.6 Å². The molecule has 110 valence electrons. The van der Waals surface area contributed by atoms with E-state index in [1.54, 1.807) is 30.3 Å². The van der Waals surface area contributed by atoms with Crippen LogP contribution in [0.4, 0.5) is 0 Å². The SMILES string of the molecule is N#Cc1ccc(Br)c(COc2cccc(B(O)O)c2C=O)c1. The molecule has 0 aliphatic heterocycles. The second-order valence-corrected chi connectivity index (χ2v) is 5.31. The quantitative estimate of drug-likeness (QED) is 0.622. The first-order valence-corrected chi connectivity index (χ1v) is 7.11. The first kappa shape index (κ1) is 16.2. The van der Waals surface area contributed by atoms with Crippen molar-refractivity contribution >= 4 is 34.8 Å². The molecule has 5 nitrogen and oxygen atoms in total. The monoisotopic (exact) mass is 359 g/mol.